The summed E-state index contributed by atoms with van der Waals surface area (Å²) >= 11 is 0. The quantitative estimate of drug-likeness (QED) is 0.505. The fourth-order valence-corrected chi connectivity index (χ4v) is 3.53. The lowest BCUT2D eigenvalue weighted by atomic mass is 10.1. The van der Waals surface area contributed by atoms with E-state index < -0.39 is 5.91 Å². The van der Waals surface area contributed by atoms with Gasteiger partial charge < -0.3 is 24.6 Å². The third-order valence-corrected chi connectivity index (χ3v) is 5.33. The van der Waals surface area contributed by atoms with Gasteiger partial charge in [-0.25, -0.2) is 4.39 Å². The predicted octanol–water partition coefficient (Wildman–Crippen LogP) is 2.73. The van der Waals surface area contributed by atoms with Gasteiger partial charge in [0, 0.05) is 44.6 Å². The van der Waals surface area contributed by atoms with Crippen LogP contribution in [0.25, 0.3) is 0 Å². The minimum Gasteiger partial charge on any atom is -0.493 e. The summed E-state index contributed by atoms with van der Waals surface area (Å²) in [5, 5.41) is 12.2. The van der Waals surface area contributed by atoms with Crippen LogP contribution in [0.5, 0.6) is 11.5 Å². The Balaban J connectivity index is 1.50. The zero-order valence-corrected chi connectivity index (χ0v) is 18.3. The van der Waals surface area contributed by atoms with Gasteiger partial charge in [-0.3, -0.25) is 4.79 Å². The number of amides is 1. The lowest BCUT2D eigenvalue weighted by Crippen LogP contribution is -2.44. The van der Waals surface area contributed by atoms with E-state index in [0.29, 0.717) is 37.6 Å². The monoisotopic (exact) mass is 438 g/mol. The first kappa shape index (κ1) is 22.9. The number of piperazine rings is 1. The molecule has 0 bridgehead atoms. The van der Waals surface area contributed by atoms with Crippen molar-refractivity contribution in [2.24, 2.45) is 0 Å². The van der Waals surface area contributed by atoms with Crippen LogP contribution in [0.15, 0.2) is 54.2 Å². The Hall–Kier alpha value is -3.73. The van der Waals surface area contributed by atoms with Crippen LogP contribution in [0.4, 0.5) is 10.1 Å². The number of methoxy groups -OCH3 is 2. The Morgan fingerprint density at radius 1 is 1.09 bits per heavy atom. The van der Waals surface area contributed by atoms with Crippen LogP contribution >= 0.6 is 0 Å². The van der Waals surface area contributed by atoms with Crippen molar-refractivity contribution in [2.75, 3.05) is 51.8 Å². The average Bonchev–Trinajstić information content (AvgIpc) is 2.83. The second-order valence-electron chi connectivity index (χ2n) is 7.35. The zero-order chi connectivity index (χ0) is 22.9. The number of nitriles is 1. The van der Waals surface area contributed by atoms with Crippen molar-refractivity contribution in [1.29, 1.82) is 5.26 Å². The molecule has 32 heavy (non-hydrogen) atoms. The second kappa shape index (κ2) is 11.0. The van der Waals surface area contributed by atoms with Crippen LogP contribution in [0.1, 0.15) is 5.56 Å². The molecule has 0 saturated carbocycles. The van der Waals surface area contributed by atoms with Crippen molar-refractivity contribution < 1.29 is 18.7 Å². The maximum atomic E-state index is 13.1. The van der Waals surface area contributed by atoms with Crippen LogP contribution in [-0.4, -0.2) is 57.8 Å². The molecule has 1 saturated heterocycles. The van der Waals surface area contributed by atoms with E-state index in [1.165, 1.54) is 12.1 Å². The van der Waals surface area contributed by atoms with Crippen LogP contribution in [0.2, 0.25) is 0 Å². The molecule has 7 nitrogen and oxygen atoms in total. The number of benzene rings is 2. The van der Waals surface area contributed by atoms with Gasteiger partial charge in [-0.05, 0) is 48.4 Å². The van der Waals surface area contributed by atoms with Gasteiger partial charge in [0.1, 0.15) is 17.5 Å². The van der Waals surface area contributed by atoms with Gasteiger partial charge >= 0.3 is 0 Å². The summed E-state index contributed by atoms with van der Waals surface area (Å²) in [6, 6.07) is 14.0. The molecule has 0 radical (unpaired) electrons. The summed E-state index contributed by atoms with van der Waals surface area (Å²) in [6.07, 6.45) is 2.22. The molecule has 1 heterocycles. The third kappa shape index (κ3) is 5.91. The topological polar surface area (TPSA) is 77.8 Å². The number of nitrogens with one attached hydrogen (secondary N) is 1. The molecule has 1 N–H and O–H groups in total. The first-order chi connectivity index (χ1) is 15.5. The first-order valence-electron chi connectivity index (χ1n) is 10.4. The molecule has 0 unspecified atom stereocenters. The highest BCUT2D eigenvalue weighted by atomic mass is 19.1. The van der Waals surface area contributed by atoms with Crippen LogP contribution < -0.4 is 19.7 Å². The Bertz CT molecular complexity index is 993. The fourth-order valence-electron chi connectivity index (χ4n) is 3.53. The van der Waals surface area contributed by atoms with E-state index in [2.05, 4.69) is 10.2 Å². The van der Waals surface area contributed by atoms with E-state index in [-0.39, 0.29) is 11.4 Å². The van der Waals surface area contributed by atoms with Gasteiger partial charge in [0.2, 0.25) is 0 Å². The number of carbonyl (C=O) groups is 1. The largest absolute Gasteiger partial charge is 0.493 e. The molecule has 0 aliphatic carbocycles. The molecular weight excluding hydrogens is 411 g/mol. The van der Waals surface area contributed by atoms with Crippen molar-refractivity contribution in [3.8, 4) is 17.6 Å². The number of rotatable bonds is 8. The minimum absolute atomic E-state index is 0.0764. The molecule has 1 aliphatic rings. The molecule has 0 atom stereocenters. The average molecular weight is 439 g/mol. The smallest absolute Gasteiger partial charge is 0.263 e. The van der Waals surface area contributed by atoms with Gasteiger partial charge in [0.05, 0.1) is 14.2 Å². The van der Waals surface area contributed by atoms with Crippen molar-refractivity contribution in [1.82, 2.24) is 10.2 Å². The number of carbonyl (C=O) groups excluding carboxylic acids is 1. The van der Waals surface area contributed by atoms with E-state index in [0.717, 1.165) is 24.3 Å². The van der Waals surface area contributed by atoms with Gasteiger partial charge in [-0.1, -0.05) is 6.07 Å². The van der Waals surface area contributed by atoms with Crippen LogP contribution in [-0.2, 0) is 11.2 Å². The maximum absolute atomic E-state index is 13.1. The SMILES string of the molecule is COc1ccc(CCNC(=O)/C(C#N)=C\N2CCN(c3ccc(F)cc3)CC2)cc1OC. The lowest BCUT2D eigenvalue weighted by molar-refractivity contribution is -0.117. The maximum Gasteiger partial charge on any atom is 0.263 e. The molecule has 168 valence electrons. The normalized spacial score (nSPS) is 14.0. The Labute approximate surface area is 187 Å². The number of hydrogen-bond donors (Lipinski definition) is 1. The highest BCUT2D eigenvalue weighted by molar-refractivity contribution is 5.97. The van der Waals surface area contributed by atoms with E-state index in [9.17, 15) is 14.4 Å². The molecule has 2 aromatic rings. The standard InChI is InChI=1S/C24H27FN4O3/c1-31-22-8-3-18(15-23(22)32-2)9-10-27-24(30)19(16-26)17-28-11-13-29(14-12-28)21-6-4-20(25)5-7-21/h3-8,15,17H,9-14H2,1-2H3,(H,27,30)/b19-17-. The van der Waals surface area contributed by atoms with Gasteiger partial charge in [-0.2, -0.15) is 5.26 Å². The number of ether oxygens (including phenoxy) is 2. The Morgan fingerprint density at radius 3 is 2.41 bits per heavy atom. The molecular formula is C24H27FN4O3. The summed E-state index contributed by atoms with van der Waals surface area (Å²) in [7, 11) is 3.16. The molecule has 1 fully saturated rings. The van der Waals surface area contributed by atoms with Gasteiger partial charge in [0.25, 0.3) is 5.91 Å². The van der Waals surface area contributed by atoms with Crippen molar-refractivity contribution in [3.05, 3.63) is 65.6 Å². The first-order valence-corrected chi connectivity index (χ1v) is 10.4. The van der Waals surface area contributed by atoms with Crippen molar-refractivity contribution in [2.45, 2.75) is 6.42 Å². The van der Waals surface area contributed by atoms with Crippen LogP contribution in [0, 0.1) is 17.1 Å². The fraction of sp³-hybridized carbons (Fsp3) is 0.333. The third-order valence-electron chi connectivity index (χ3n) is 5.33. The van der Waals surface area contributed by atoms with E-state index in [1.807, 2.05) is 29.2 Å². The van der Waals surface area contributed by atoms with Gasteiger partial charge in [-0.15, -0.1) is 0 Å². The molecule has 3 rings (SSSR count). The van der Waals surface area contributed by atoms with E-state index in [1.54, 1.807) is 32.6 Å². The van der Waals surface area contributed by atoms with E-state index >= 15 is 0 Å². The highest BCUT2D eigenvalue weighted by Crippen LogP contribution is 2.27. The molecule has 1 amide bonds. The molecule has 0 aromatic heterocycles. The summed E-state index contributed by atoms with van der Waals surface area (Å²) in [6.45, 7) is 3.18. The number of anilines is 1. The van der Waals surface area contributed by atoms with Crippen LogP contribution in [0.3, 0.4) is 0 Å². The number of halogens is 1. The summed E-state index contributed by atoms with van der Waals surface area (Å²) in [5.41, 5.74) is 2.03. The Kier molecular flexibility index (Phi) is 7.92. The lowest BCUT2D eigenvalue weighted by Gasteiger charge is -2.35. The zero-order valence-electron chi connectivity index (χ0n) is 18.3. The summed E-state index contributed by atoms with van der Waals surface area (Å²) < 4.78 is 23.6. The van der Waals surface area contributed by atoms with Gasteiger partial charge in [0.15, 0.2) is 11.5 Å². The highest BCUT2D eigenvalue weighted by Gasteiger charge is 2.17. The molecule has 0 spiro atoms. The Morgan fingerprint density at radius 2 is 1.78 bits per heavy atom. The number of nitrogens with zero attached hydrogens (tertiary/aromatic N) is 3. The molecule has 2 aromatic carbocycles. The van der Waals surface area contributed by atoms with Crippen molar-refractivity contribution >= 4 is 11.6 Å². The molecule has 8 heteroatoms. The number of hydrogen-bond acceptors (Lipinski definition) is 6. The minimum atomic E-state index is -0.394. The summed E-state index contributed by atoms with van der Waals surface area (Å²) in [4.78, 5) is 16.6. The summed E-state index contributed by atoms with van der Waals surface area (Å²) in [5.74, 6) is 0.628. The molecule has 1 aliphatic heterocycles. The van der Waals surface area contributed by atoms with E-state index in [4.69, 9.17) is 9.47 Å². The predicted molar refractivity (Wildman–Crippen MR) is 120 cm³/mol. The second-order valence-corrected chi connectivity index (χ2v) is 7.35. The van der Waals surface area contributed by atoms with Crippen molar-refractivity contribution in [3.63, 3.8) is 0 Å².